The molecule has 2 amide bonds. The summed E-state index contributed by atoms with van der Waals surface area (Å²) in [5.41, 5.74) is -0.194. The Hall–Kier alpha value is -1.89. The Balaban J connectivity index is 1.20. The van der Waals surface area contributed by atoms with Crippen LogP contribution in [0.1, 0.15) is 32.1 Å². The van der Waals surface area contributed by atoms with E-state index in [4.69, 9.17) is 4.74 Å². The summed E-state index contributed by atoms with van der Waals surface area (Å²) in [6.07, 6.45) is 9.57. The lowest BCUT2D eigenvalue weighted by atomic mass is 9.85. The van der Waals surface area contributed by atoms with Gasteiger partial charge in [-0.1, -0.05) is 0 Å². The summed E-state index contributed by atoms with van der Waals surface area (Å²) < 4.78 is 7.92. The SMILES string of the molecule is O=C(CC1COC2(C1)CN(C(=O)CCn1ccnc1)C2)N1CCCC1. The number of nitrogens with zero attached hydrogens (tertiary/aromatic N) is 4. The molecule has 3 aliphatic heterocycles. The Labute approximate surface area is 147 Å². The van der Waals surface area contributed by atoms with E-state index in [0.29, 0.717) is 45.0 Å². The van der Waals surface area contributed by atoms with Gasteiger partial charge in [-0.25, -0.2) is 4.98 Å². The first-order chi connectivity index (χ1) is 12.1. The lowest BCUT2D eigenvalue weighted by Gasteiger charge is -2.47. The van der Waals surface area contributed by atoms with Crippen molar-refractivity contribution in [3.8, 4) is 0 Å². The highest BCUT2D eigenvalue weighted by Crippen LogP contribution is 2.39. The van der Waals surface area contributed by atoms with Crippen molar-refractivity contribution in [1.29, 1.82) is 0 Å². The molecular formula is C18H26N4O3. The Bertz CT molecular complexity index is 618. The fraction of sp³-hybridized carbons (Fsp3) is 0.722. The zero-order valence-electron chi connectivity index (χ0n) is 14.6. The average molecular weight is 346 g/mol. The van der Waals surface area contributed by atoms with Crippen LogP contribution in [0.5, 0.6) is 0 Å². The van der Waals surface area contributed by atoms with Crippen LogP contribution >= 0.6 is 0 Å². The highest BCUT2D eigenvalue weighted by molar-refractivity contribution is 5.78. The number of aryl methyl sites for hydroxylation is 1. The topological polar surface area (TPSA) is 67.7 Å². The first kappa shape index (κ1) is 16.6. The largest absolute Gasteiger partial charge is 0.371 e. The first-order valence-corrected chi connectivity index (χ1v) is 9.29. The van der Waals surface area contributed by atoms with Gasteiger partial charge in [-0.15, -0.1) is 0 Å². The molecule has 7 heteroatoms. The first-order valence-electron chi connectivity index (χ1n) is 9.29. The number of imidazole rings is 1. The third kappa shape index (κ3) is 3.56. The van der Waals surface area contributed by atoms with Gasteiger partial charge in [0.1, 0.15) is 5.60 Å². The standard InChI is InChI=1S/C18H26N4O3/c23-16(3-7-20-8-4-19-14-20)22-12-18(13-22)10-15(11-25-18)9-17(24)21-5-1-2-6-21/h4,8,14-15H,1-3,5-7,9-13H2. The molecule has 1 spiro atoms. The molecule has 7 nitrogen and oxygen atoms in total. The number of amides is 2. The smallest absolute Gasteiger partial charge is 0.224 e. The maximum absolute atomic E-state index is 12.3. The number of carbonyl (C=O) groups excluding carboxylic acids is 2. The quantitative estimate of drug-likeness (QED) is 0.795. The van der Waals surface area contributed by atoms with E-state index in [0.717, 1.165) is 32.4 Å². The van der Waals surface area contributed by atoms with Gasteiger partial charge < -0.3 is 19.1 Å². The number of carbonyl (C=O) groups is 2. The number of hydrogen-bond acceptors (Lipinski definition) is 4. The molecule has 0 saturated carbocycles. The fourth-order valence-corrected chi connectivity index (χ4v) is 4.26. The molecule has 1 aromatic heterocycles. The summed E-state index contributed by atoms with van der Waals surface area (Å²) in [5.74, 6) is 0.742. The molecule has 3 fully saturated rings. The van der Waals surface area contributed by atoms with Gasteiger partial charge in [0.15, 0.2) is 0 Å². The maximum atomic E-state index is 12.3. The van der Waals surface area contributed by atoms with Crippen molar-refractivity contribution in [3.05, 3.63) is 18.7 Å². The summed E-state index contributed by atoms with van der Waals surface area (Å²) in [6, 6.07) is 0. The van der Waals surface area contributed by atoms with Crippen molar-refractivity contribution in [2.45, 2.75) is 44.2 Å². The highest BCUT2D eigenvalue weighted by Gasteiger charge is 2.51. The van der Waals surface area contributed by atoms with Crippen LogP contribution in [0.4, 0.5) is 0 Å². The number of ether oxygens (including phenoxy) is 1. The molecule has 136 valence electrons. The zero-order valence-corrected chi connectivity index (χ0v) is 14.6. The summed E-state index contributed by atoms with van der Waals surface area (Å²) in [7, 11) is 0. The van der Waals surface area contributed by atoms with Crippen molar-refractivity contribution in [1.82, 2.24) is 19.4 Å². The van der Waals surface area contributed by atoms with Gasteiger partial charge in [-0.3, -0.25) is 9.59 Å². The van der Waals surface area contributed by atoms with Crippen LogP contribution in [0.25, 0.3) is 0 Å². The van der Waals surface area contributed by atoms with Gasteiger partial charge in [0.25, 0.3) is 0 Å². The third-order valence-corrected chi connectivity index (χ3v) is 5.66. The van der Waals surface area contributed by atoms with Crippen LogP contribution in [0.3, 0.4) is 0 Å². The van der Waals surface area contributed by atoms with E-state index < -0.39 is 0 Å². The predicted molar refractivity (Wildman–Crippen MR) is 90.6 cm³/mol. The van der Waals surface area contributed by atoms with E-state index >= 15 is 0 Å². The molecule has 4 rings (SSSR count). The van der Waals surface area contributed by atoms with Crippen molar-refractivity contribution >= 4 is 11.8 Å². The highest BCUT2D eigenvalue weighted by atomic mass is 16.5. The molecule has 0 aromatic carbocycles. The summed E-state index contributed by atoms with van der Waals surface area (Å²) in [4.78, 5) is 32.4. The third-order valence-electron chi connectivity index (χ3n) is 5.66. The van der Waals surface area contributed by atoms with Gasteiger partial charge in [0.05, 0.1) is 26.0 Å². The molecule has 0 aliphatic carbocycles. The van der Waals surface area contributed by atoms with Crippen molar-refractivity contribution < 1.29 is 14.3 Å². The van der Waals surface area contributed by atoms with Gasteiger partial charge in [0, 0.05) is 44.9 Å². The minimum atomic E-state index is -0.194. The van der Waals surface area contributed by atoms with E-state index in [1.807, 2.05) is 20.6 Å². The van der Waals surface area contributed by atoms with Gasteiger partial charge in [0.2, 0.25) is 11.8 Å². The van der Waals surface area contributed by atoms with E-state index in [1.165, 1.54) is 0 Å². The molecule has 3 saturated heterocycles. The maximum Gasteiger partial charge on any atom is 0.224 e. The molecule has 1 unspecified atom stereocenters. The summed E-state index contributed by atoms with van der Waals surface area (Å²) in [6.45, 7) is 4.48. The van der Waals surface area contributed by atoms with Crippen molar-refractivity contribution in [3.63, 3.8) is 0 Å². The monoisotopic (exact) mass is 346 g/mol. The van der Waals surface area contributed by atoms with Gasteiger partial charge in [-0.05, 0) is 25.2 Å². The molecular weight excluding hydrogens is 320 g/mol. The predicted octanol–water partition coefficient (Wildman–Crippen LogP) is 0.903. The molecule has 0 bridgehead atoms. The van der Waals surface area contributed by atoms with Crippen LogP contribution in [0.2, 0.25) is 0 Å². The minimum absolute atomic E-state index is 0.166. The van der Waals surface area contributed by atoms with E-state index in [2.05, 4.69) is 4.98 Å². The van der Waals surface area contributed by atoms with Crippen LogP contribution in [-0.2, 0) is 20.9 Å². The molecule has 4 heterocycles. The Morgan fingerprint density at radius 1 is 1.16 bits per heavy atom. The minimum Gasteiger partial charge on any atom is -0.371 e. The Morgan fingerprint density at radius 2 is 1.96 bits per heavy atom. The molecule has 0 N–H and O–H groups in total. The van der Waals surface area contributed by atoms with E-state index in [9.17, 15) is 9.59 Å². The zero-order chi connectivity index (χ0) is 17.3. The van der Waals surface area contributed by atoms with E-state index in [1.54, 1.807) is 12.5 Å². The van der Waals surface area contributed by atoms with Gasteiger partial charge >= 0.3 is 0 Å². The lowest BCUT2D eigenvalue weighted by molar-refractivity contribution is -0.157. The molecule has 1 aromatic rings. The number of likely N-dealkylation sites (tertiary alicyclic amines) is 2. The lowest BCUT2D eigenvalue weighted by Crippen LogP contribution is -2.63. The fourth-order valence-electron chi connectivity index (χ4n) is 4.26. The second-order valence-corrected chi connectivity index (χ2v) is 7.66. The second kappa shape index (κ2) is 6.78. The second-order valence-electron chi connectivity index (χ2n) is 7.66. The van der Waals surface area contributed by atoms with Crippen molar-refractivity contribution in [2.75, 3.05) is 32.8 Å². The Kier molecular flexibility index (Phi) is 4.50. The molecule has 25 heavy (non-hydrogen) atoms. The van der Waals surface area contributed by atoms with Crippen LogP contribution in [-0.4, -0.2) is 69.6 Å². The molecule has 3 aliphatic rings. The van der Waals surface area contributed by atoms with Crippen LogP contribution in [0, 0.1) is 5.92 Å². The molecule has 1 atom stereocenters. The summed E-state index contributed by atoms with van der Waals surface area (Å²) >= 11 is 0. The Morgan fingerprint density at radius 3 is 2.68 bits per heavy atom. The van der Waals surface area contributed by atoms with Crippen LogP contribution in [0.15, 0.2) is 18.7 Å². The number of aromatic nitrogens is 2. The van der Waals surface area contributed by atoms with E-state index in [-0.39, 0.29) is 17.4 Å². The average Bonchev–Trinajstić information content (AvgIpc) is 3.31. The van der Waals surface area contributed by atoms with Crippen molar-refractivity contribution in [2.24, 2.45) is 5.92 Å². The summed E-state index contributed by atoms with van der Waals surface area (Å²) in [5, 5.41) is 0. The normalized spacial score (nSPS) is 24.7. The molecule has 0 radical (unpaired) electrons. The number of rotatable bonds is 5. The van der Waals surface area contributed by atoms with Gasteiger partial charge in [-0.2, -0.15) is 0 Å². The van der Waals surface area contributed by atoms with Crippen LogP contribution < -0.4 is 0 Å². The number of hydrogen-bond donors (Lipinski definition) is 0.